The standard InChI is InChI=1S/C13H20ClNO3S/c1-4-15(5-2)8-9-18-12-6-7-13(11(3)10-12)19(14,16)17/h6-7,10H,4-5,8-9H2,1-3H3. The van der Waals surface area contributed by atoms with E-state index in [-0.39, 0.29) is 4.90 Å². The fourth-order valence-electron chi connectivity index (χ4n) is 1.82. The summed E-state index contributed by atoms with van der Waals surface area (Å²) < 4.78 is 28.1. The summed E-state index contributed by atoms with van der Waals surface area (Å²) >= 11 is 0. The number of halogens is 1. The Hall–Kier alpha value is -0.780. The number of nitrogens with zero attached hydrogens (tertiary/aromatic N) is 1. The third-order valence-corrected chi connectivity index (χ3v) is 4.46. The Kier molecular flexibility index (Phi) is 6.10. The number of hydrogen-bond acceptors (Lipinski definition) is 4. The number of benzene rings is 1. The number of likely N-dealkylation sites (N-methyl/N-ethyl adjacent to an activating group) is 1. The summed E-state index contributed by atoms with van der Waals surface area (Å²) in [4.78, 5) is 2.38. The Morgan fingerprint density at radius 2 is 1.89 bits per heavy atom. The molecule has 1 rings (SSSR count). The van der Waals surface area contributed by atoms with Crippen molar-refractivity contribution in [2.24, 2.45) is 0 Å². The second-order valence-electron chi connectivity index (χ2n) is 4.24. The van der Waals surface area contributed by atoms with Crippen LogP contribution in [0.1, 0.15) is 19.4 Å². The van der Waals surface area contributed by atoms with Crippen LogP contribution in [0.4, 0.5) is 0 Å². The molecule has 0 heterocycles. The van der Waals surface area contributed by atoms with Gasteiger partial charge in [0, 0.05) is 17.2 Å². The lowest BCUT2D eigenvalue weighted by Gasteiger charge is -2.18. The van der Waals surface area contributed by atoms with Gasteiger partial charge >= 0.3 is 0 Å². The van der Waals surface area contributed by atoms with Crippen LogP contribution >= 0.6 is 10.7 Å². The SMILES string of the molecule is CCN(CC)CCOc1ccc(S(=O)(=O)Cl)c(C)c1. The normalized spacial score (nSPS) is 11.8. The first kappa shape index (κ1) is 16.3. The first-order chi connectivity index (χ1) is 8.88. The molecule has 0 aliphatic heterocycles. The monoisotopic (exact) mass is 305 g/mol. The van der Waals surface area contributed by atoms with Gasteiger partial charge in [0.15, 0.2) is 0 Å². The van der Waals surface area contributed by atoms with E-state index in [1.54, 1.807) is 19.1 Å². The Morgan fingerprint density at radius 3 is 2.37 bits per heavy atom. The minimum absolute atomic E-state index is 0.130. The molecule has 0 unspecified atom stereocenters. The van der Waals surface area contributed by atoms with Gasteiger partial charge < -0.3 is 9.64 Å². The van der Waals surface area contributed by atoms with Crippen LogP contribution in [0.15, 0.2) is 23.1 Å². The number of hydrogen-bond donors (Lipinski definition) is 0. The average Bonchev–Trinajstić information content (AvgIpc) is 2.33. The van der Waals surface area contributed by atoms with Crippen molar-refractivity contribution in [1.82, 2.24) is 4.90 Å². The van der Waals surface area contributed by atoms with Crippen LogP contribution in [0.3, 0.4) is 0 Å². The lowest BCUT2D eigenvalue weighted by molar-refractivity contribution is 0.222. The lowest BCUT2D eigenvalue weighted by Crippen LogP contribution is -2.27. The maximum atomic E-state index is 11.3. The van der Waals surface area contributed by atoms with Crippen LogP contribution in [0.25, 0.3) is 0 Å². The summed E-state index contributed by atoms with van der Waals surface area (Å²) in [5.74, 6) is 0.661. The molecule has 0 saturated carbocycles. The van der Waals surface area contributed by atoms with Gasteiger partial charge in [-0.3, -0.25) is 0 Å². The largest absolute Gasteiger partial charge is 0.492 e. The highest BCUT2D eigenvalue weighted by Gasteiger charge is 2.13. The predicted molar refractivity (Wildman–Crippen MR) is 77.5 cm³/mol. The number of aryl methyl sites for hydroxylation is 1. The molecule has 0 radical (unpaired) electrons. The summed E-state index contributed by atoms with van der Waals surface area (Å²) in [6.45, 7) is 9.31. The minimum Gasteiger partial charge on any atom is -0.492 e. The van der Waals surface area contributed by atoms with Gasteiger partial charge in [0.1, 0.15) is 12.4 Å². The van der Waals surface area contributed by atoms with Crippen LogP contribution < -0.4 is 4.74 Å². The van der Waals surface area contributed by atoms with Crippen molar-refractivity contribution in [1.29, 1.82) is 0 Å². The van der Waals surface area contributed by atoms with Crippen LogP contribution in [0.5, 0.6) is 5.75 Å². The van der Waals surface area contributed by atoms with Crippen molar-refractivity contribution in [2.75, 3.05) is 26.2 Å². The van der Waals surface area contributed by atoms with E-state index in [4.69, 9.17) is 15.4 Å². The van der Waals surface area contributed by atoms with Gasteiger partial charge in [0.05, 0.1) is 4.90 Å². The highest BCUT2D eigenvalue weighted by atomic mass is 35.7. The molecular weight excluding hydrogens is 286 g/mol. The third kappa shape index (κ3) is 5.01. The second kappa shape index (κ2) is 7.12. The van der Waals surface area contributed by atoms with Crippen molar-refractivity contribution in [2.45, 2.75) is 25.7 Å². The summed E-state index contributed by atoms with van der Waals surface area (Å²) in [5, 5.41) is 0. The maximum Gasteiger partial charge on any atom is 0.261 e. The first-order valence-electron chi connectivity index (χ1n) is 6.29. The molecule has 4 nitrogen and oxygen atoms in total. The first-order valence-corrected chi connectivity index (χ1v) is 8.59. The zero-order valence-electron chi connectivity index (χ0n) is 11.5. The molecule has 0 amide bonds. The zero-order valence-corrected chi connectivity index (χ0v) is 13.1. The molecule has 0 aromatic heterocycles. The molecule has 0 spiro atoms. The molecular formula is C13H20ClNO3S. The lowest BCUT2D eigenvalue weighted by atomic mass is 10.2. The Labute approximate surface area is 119 Å². The van der Waals surface area contributed by atoms with E-state index >= 15 is 0 Å². The van der Waals surface area contributed by atoms with E-state index in [1.807, 2.05) is 0 Å². The molecule has 0 aliphatic carbocycles. The molecule has 0 N–H and O–H groups in total. The summed E-state index contributed by atoms with van der Waals surface area (Å²) in [5.41, 5.74) is 0.593. The van der Waals surface area contributed by atoms with Crippen molar-refractivity contribution < 1.29 is 13.2 Å². The summed E-state index contributed by atoms with van der Waals surface area (Å²) in [6.07, 6.45) is 0. The van der Waals surface area contributed by atoms with Crippen molar-refractivity contribution >= 4 is 19.7 Å². The Bertz CT molecular complexity index is 513. The third-order valence-electron chi connectivity index (χ3n) is 2.98. The second-order valence-corrected chi connectivity index (χ2v) is 6.77. The van der Waals surface area contributed by atoms with Crippen LogP contribution in [-0.4, -0.2) is 39.6 Å². The van der Waals surface area contributed by atoms with Crippen LogP contribution in [-0.2, 0) is 9.05 Å². The van der Waals surface area contributed by atoms with Crippen molar-refractivity contribution in [3.05, 3.63) is 23.8 Å². The fraction of sp³-hybridized carbons (Fsp3) is 0.538. The summed E-state index contributed by atoms with van der Waals surface area (Å²) in [7, 11) is 1.64. The predicted octanol–water partition coefficient (Wildman–Crippen LogP) is 2.64. The molecule has 6 heteroatoms. The fourth-order valence-corrected chi connectivity index (χ4v) is 3.01. The molecule has 0 bridgehead atoms. The van der Waals surface area contributed by atoms with Crippen LogP contribution in [0, 0.1) is 6.92 Å². The van der Waals surface area contributed by atoms with Crippen molar-refractivity contribution in [3.8, 4) is 5.75 Å². The molecule has 0 fully saturated rings. The van der Waals surface area contributed by atoms with Crippen LogP contribution in [0.2, 0.25) is 0 Å². The molecule has 0 atom stereocenters. The van der Waals surface area contributed by atoms with E-state index in [1.165, 1.54) is 6.07 Å². The van der Waals surface area contributed by atoms with Gasteiger partial charge in [-0.25, -0.2) is 8.42 Å². The topological polar surface area (TPSA) is 46.6 Å². The van der Waals surface area contributed by atoms with Crippen molar-refractivity contribution in [3.63, 3.8) is 0 Å². The molecule has 1 aromatic rings. The van der Waals surface area contributed by atoms with Gasteiger partial charge in [-0.1, -0.05) is 13.8 Å². The highest BCUT2D eigenvalue weighted by Crippen LogP contribution is 2.23. The number of ether oxygens (including phenoxy) is 1. The highest BCUT2D eigenvalue weighted by molar-refractivity contribution is 8.13. The van der Waals surface area contributed by atoms with E-state index in [2.05, 4.69) is 18.7 Å². The zero-order chi connectivity index (χ0) is 14.5. The average molecular weight is 306 g/mol. The van der Waals surface area contributed by atoms with Gasteiger partial charge in [0.2, 0.25) is 0 Å². The van der Waals surface area contributed by atoms with Gasteiger partial charge in [-0.15, -0.1) is 0 Å². The Balaban J connectivity index is 2.65. The molecule has 19 heavy (non-hydrogen) atoms. The van der Waals surface area contributed by atoms with E-state index in [0.717, 1.165) is 19.6 Å². The van der Waals surface area contributed by atoms with Gasteiger partial charge in [0.25, 0.3) is 9.05 Å². The minimum atomic E-state index is -3.68. The van der Waals surface area contributed by atoms with Gasteiger partial charge in [-0.05, 0) is 43.8 Å². The quantitative estimate of drug-likeness (QED) is 0.727. The molecule has 0 aliphatic rings. The smallest absolute Gasteiger partial charge is 0.261 e. The van der Waals surface area contributed by atoms with Gasteiger partial charge in [-0.2, -0.15) is 0 Å². The molecule has 0 saturated heterocycles. The van der Waals surface area contributed by atoms with E-state index in [0.29, 0.717) is 17.9 Å². The van der Waals surface area contributed by atoms with E-state index in [9.17, 15) is 8.42 Å². The van der Waals surface area contributed by atoms with E-state index < -0.39 is 9.05 Å². The molecule has 1 aromatic carbocycles. The maximum absolute atomic E-state index is 11.3. The molecule has 108 valence electrons. The number of rotatable bonds is 7. The Morgan fingerprint density at radius 1 is 1.26 bits per heavy atom. The summed E-state index contributed by atoms with van der Waals surface area (Å²) in [6, 6.07) is 4.80.